The molecule has 0 aliphatic rings. The third-order valence-corrected chi connectivity index (χ3v) is 4.38. The zero-order valence-corrected chi connectivity index (χ0v) is 12.5. The molecule has 19 heavy (non-hydrogen) atoms. The Hall–Kier alpha value is -1.11. The van der Waals surface area contributed by atoms with Gasteiger partial charge in [0, 0.05) is 17.9 Å². The molecule has 0 saturated carbocycles. The molecule has 2 aromatic rings. The third-order valence-electron chi connectivity index (χ3n) is 2.68. The molecule has 1 aromatic heterocycles. The van der Waals surface area contributed by atoms with E-state index in [1.54, 1.807) is 30.3 Å². The highest BCUT2D eigenvalue weighted by Gasteiger charge is 2.20. The molecule has 1 atom stereocenters. The van der Waals surface area contributed by atoms with Gasteiger partial charge in [-0.2, -0.15) is 11.8 Å². The Balaban J connectivity index is 2.03. The summed E-state index contributed by atoms with van der Waals surface area (Å²) in [5.41, 5.74) is 2.37. The van der Waals surface area contributed by atoms with E-state index in [-0.39, 0.29) is 12.5 Å². The first-order valence-corrected chi connectivity index (χ1v) is 8.12. The van der Waals surface area contributed by atoms with Crippen LogP contribution in [0.25, 0.3) is 10.2 Å². The van der Waals surface area contributed by atoms with Crippen molar-refractivity contribution in [1.29, 1.82) is 0 Å². The Morgan fingerprint density at radius 2 is 2.37 bits per heavy atom. The van der Waals surface area contributed by atoms with Crippen LogP contribution in [-0.4, -0.2) is 40.2 Å². The number of thiazole rings is 1. The number of rotatable bonds is 5. The molecule has 0 saturated heterocycles. The van der Waals surface area contributed by atoms with Gasteiger partial charge in [0.05, 0.1) is 21.3 Å². The maximum absolute atomic E-state index is 12.0. The number of carbonyl (C=O) groups is 1. The largest absolute Gasteiger partial charge is 0.387 e. The van der Waals surface area contributed by atoms with E-state index < -0.39 is 5.60 Å². The molecule has 0 spiro atoms. The molecular weight excluding hydrogens is 280 g/mol. The Morgan fingerprint density at radius 1 is 1.58 bits per heavy atom. The van der Waals surface area contributed by atoms with Gasteiger partial charge in [-0.05, 0) is 31.4 Å². The minimum absolute atomic E-state index is 0.170. The minimum atomic E-state index is -0.885. The van der Waals surface area contributed by atoms with Gasteiger partial charge >= 0.3 is 0 Å². The van der Waals surface area contributed by atoms with Crippen LogP contribution in [-0.2, 0) is 0 Å². The van der Waals surface area contributed by atoms with Crippen molar-refractivity contribution in [2.75, 3.05) is 18.6 Å². The quantitative estimate of drug-likeness (QED) is 0.887. The van der Waals surface area contributed by atoms with Gasteiger partial charge in [0.2, 0.25) is 0 Å². The Kier molecular flexibility index (Phi) is 4.44. The number of amides is 1. The highest BCUT2D eigenvalue weighted by molar-refractivity contribution is 7.98. The van der Waals surface area contributed by atoms with E-state index in [0.29, 0.717) is 11.3 Å². The lowest BCUT2D eigenvalue weighted by molar-refractivity contribution is 0.0725. The number of aliphatic hydroxyl groups is 1. The molecule has 4 nitrogen and oxygen atoms in total. The third kappa shape index (κ3) is 3.68. The van der Waals surface area contributed by atoms with Crippen LogP contribution in [0.5, 0.6) is 0 Å². The van der Waals surface area contributed by atoms with Crippen molar-refractivity contribution in [3.63, 3.8) is 0 Å². The number of benzene rings is 1. The second-order valence-electron chi connectivity index (χ2n) is 4.65. The van der Waals surface area contributed by atoms with Crippen molar-refractivity contribution in [2.45, 2.75) is 12.5 Å². The average Bonchev–Trinajstić information content (AvgIpc) is 2.83. The summed E-state index contributed by atoms with van der Waals surface area (Å²) in [6.45, 7) is 1.96. The van der Waals surface area contributed by atoms with E-state index in [2.05, 4.69) is 10.3 Å². The van der Waals surface area contributed by atoms with Gasteiger partial charge in [-0.15, -0.1) is 11.3 Å². The van der Waals surface area contributed by atoms with Crippen molar-refractivity contribution in [3.8, 4) is 0 Å². The number of hydrogen-bond donors (Lipinski definition) is 2. The van der Waals surface area contributed by atoms with Gasteiger partial charge in [0.1, 0.15) is 0 Å². The molecule has 0 radical (unpaired) electrons. The highest BCUT2D eigenvalue weighted by Crippen LogP contribution is 2.19. The number of fused-ring (bicyclic) bond motifs is 1. The number of aromatic nitrogens is 1. The topological polar surface area (TPSA) is 62.2 Å². The molecule has 102 valence electrons. The molecule has 0 unspecified atom stereocenters. The Labute approximate surface area is 120 Å². The fourth-order valence-corrected chi connectivity index (χ4v) is 3.17. The molecule has 6 heteroatoms. The van der Waals surface area contributed by atoms with Crippen LogP contribution in [0.3, 0.4) is 0 Å². The van der Waals surface area contributed by atoms with Crippen LogP contribution in [0.4, 0.5) is 0 Å². The summed E-state index contributed by atoms with van der Waals surface area (Å²) >= 11 is 3.06. The summed E-state index contributed by atoms with van der Waals surface area (Å²) < 4.78 is 0.989. The van der Waals surface area contributed by atoms with Gasteiger partial charge in [0.15, 0.2) is 0 Å². The Morgan fingerprint density at radius 3 is 3.11 bits per heavy atom. The maximum Gasteiger partial charge on any atom is 0.251 e. The summed E-state index contributed by atoms with van der Waals surface area (Å²) in [6.07, 6.45) is 1.92. The smallest absolute Gasteiger partial charge is 0.251 e. The molecule has 0 fully saturated rings. The van der Waals surface area contributed by atoms with Crippen LogP contribution in [0.1, 0.15) is 17.3 Å². The molecule has 1 aromatic carbocycles. The van der Waals surface area contributed by atoms with E-state index in [1.165, 1.54) is 11.3 Å². The van der Waals surface area contributed by atoms with Gasteiger partial charge < -0.3 is 10.4 Å². The predicted molar refractivity (Wildman–Crippen MR) is 81.0 cm³/mol. The fraction of sp³-hybridized carbons (Fsp3) is 0.385. The molecular formula is C13H16N2O2S2. The van der Waals surface area contributed by atoms with Gasteiger partial charge in [-0.25, -0.2) is 4.98 Å². The lowest BCUT2D eigenvalue weighted by Gasteiger charge is -2.22. The zero-order valence-electron chi connectivity index (χ0n) is 10.8. The highest BCUT2D eigenvalue weighted by atomic mass is 32.2. The van der Waals surface area contributed by atoms with Crippen LogP contribution < -0.4 is 5.32 Å². The minimum Gasteiger partial charge on any atom is -0.387 e. The van der Waals surface area contributed by atoms with E-state index >= 15 is 0 Å². The second kappa shape index (κ2) is 5.90. The average molecular weight is 296 g/mol. The number of nitrogens with one attached hydrogen (secondary N) is 1. The van der Waals surface area contributed by atoms with E-state index in [4.69, 9.17) is 0 Å². The lowest BCUT2D eigenvalue weighted by atomic mass is 10.1. The molecule has 1 amide bonds. The second-order valence-corrected chi connectivity index (χ2v) is 6.40. The molecule has 0 aliphatic heterocycles. The summed E-state index contributed by atoms with van der Waals surface area (Å²) in [7, 11) is 0. The Bertz CT molecular complexity index is 581. The van der Waals surface area contributed by atoms with Gasteiger partial charge in [-0.1, -0.05) is 0 Å². The first kappa shape index (κ1) is 14.3. The van der Waals surface area contributed by atoms with Crippen molar-refractivity contribution in [1.82, 2.24) is 10.3 Å². The summed E-state index contributed by atoms with van der Waals surface area (Å²) in [4.78, 5) is 16.2. The SMILES string of the molecule is CSC[C@](C)(O)CNC(=O)c1ccc2ncsc2c1. The number of nitrogens with zero attached hydrogens (tertiary/aromatic N) is 1. The van der Waals surface area contributed by atoms with E-state index in [0.717, 1.165) is 10.2 Å². The molecule has 2 rings (SSSR count). The van der Waals surface area contributed by atoms with Crippen LogP contribution in [0, 0.1) is 0 Å². The van der Waals surface area contributed by atoms with Crippen LogP contribution >= 0.6 is 23.1 Å². The van der Waals surface area contributed by atoms with Crippen molar-refractivity contribution < 1.29 is 9.90 Å². The summed E-state index contributed by atoms with van der Waals surface area (Å²) in [5, 5.41) is 12.8. The lowest BCUT2D eigenvalue weighted by Crippen LogP contribution is -2.42. The van der Waals surface area contributed by atoms with Crippen molar-refractivity contribution in [3.05, 3.63) is 29.3 Å². The van der Waals surface area contributed by atoms with Gasteiger partial charge in [0.25, 0.3) is 5.91 Å². The maximum atomic E-state index is 12.0. The van der Waals surface area contributed by atoms with E-state index in [9.17, 15) is 9.90 Å². The summed E-state index contributed by atoms with van der Waals surface area (Å²) in [6, 6.07) is 5.41. The molecule has 0 aliphatic carbocycles. The first-order valence-electron chi connectivity index (χ1n) is 5.84. The van der Waals surface area contributed by atoms with Gasteiger partial charge in [-0.3, -0.25) is 4.79 Å². The van der Waals surface area contributed by atoms with E-state index in [1.807, 2.05) is 18.4 Å². The molecule has 2 N–H and O–H groups in total. The van der Waals surface area contributed by atoms with Crippen molar-refractivity contribution in [2.24, 2.45) is 0 Å². The van der Waals surface area contributed by atoms with Crippen LogP contribution in [0.15, 0.2) is 23.7 Å². The van der Waals surface area contributed by atoms with Crippen LogP contribution in [0.2, 0.25) is 0 Å². The summed E-state index contributed by atoms with van der Waals surface area (Å²) in [5.74, 6) is 0.415. The number of hydrogen-bond acceptors (Lipinski definition) is 5. The molecule has 0 bridgehead atoms. The standard InChI is InChI=1S/C13H16N2O2S2/c1-13(17,7-18-2)6-14-12(16)9-3-4-10-11(5-9)19-8-15-10/h3-5,8,17H,6-7H2,1-2H3,(H,14,16)/t13-/m1/s1. The first-order chi connectivity index (χ1) is 9.02. The number of carbonyl (C=O) groups excluding carboxylic acids is 1. The zero-order chi connectivity index (χ0) is 13.9. The predicted octanol–water partition coefficient (Wildman–Crippen LogP) is 2.14. The molecule has 1 heterocycles. The monoisotopic (exact) mass is 296 g/mol. The van der Waals surface area contributed by atoms with Crippen molar-refractivity contribution >= 4 is 39.2 Å². The number of thioether (sulfide) groups is 1. The normalized spacial score (nSPS) is 14.3. The fourth-order valence-electron chi connectivity index (χ4n) is 1.73.